The van der Waals surface area contributed by atoms with E-state index in [-0.39, 0.29) is 0 Å². The zero-order chi connectivity index (χ0) is 12.8. The van der Waals surface area contributed by atoms with Crippen molar-refractivity contribution in [1.82, 2.24) is 24.9 Å². The predicted molar refractivity (Wildman–Crippen MR) is 67.5 cm³/mol. The van der Waals surface area contributed by atoms with Gasteiger partial charge in [0.15, 0.2) is 5.58 Å². The molecule has 0 radical (unpaired) electrons. The lowest BCUT2D eigenvalue weighted by atomic mass is 10.3. The first-order chi connectivity index (χ1) is 9.29. The van der Waals surface area contributed by atoms with Crippen LogP contribution in [0.5, 0.6) is 0 Å². The highest BCUT2D eigenvalue weighted by Crippen LogP contribution is 2.22. The van der Waals surface area contributed by atoms with Crippen LogP contribution in [0, 0.1) is 0 Å². The number of fused-ring (bicyclic) bond motifs is 2. The minimum atomic E-state index is -0.473. The lowest BCUT2D eigenvalue weighted by Crippen LogP contribution is -1.92. The zero-order valence-corrected chi connectivity index (χ0v) is 9.54. The van der Waals surface area contributed by atoms with Crippen molar-refractivity contribution >= 4 is 22.1 Å². The zero-order valence-electron chi connectivity index (χ0n) is 9.54. The summed E-state index contributed by atoms with van der Waals surface area (Å²) in [6.45, 7) is 0. The van der Waals surface area contributed by atoms with E-state index in [9.17, 15) is 4.79 Å². The van der Waals surface area contributed by atoms with Crippen LogP contribution < -0.4 is 5.76 Å². The van der Waals surface area contributed by atoms with Crippen LogP contribution >= 0.6 is 0 Å². The first-order valence-corrected chi connectivity index (χ1v) is 5.57. The fraction of sp³-hybridized carbons (Fsp3) is 0. The van der Waals surface area contributed by atoms with E-state index in [1.807, 2.05) is 0 Å². The predicted octanol–water partition coefficient (Wildman–Crippen LogP) is 1.45. The molecule has 0 saturated heterocycles. The molecule has 0 aliphatic carbocycles. The summed E-state index contributed by atoms with van der Waals surface area (Å²) in [7, 11) is 0. The summed E-state index contributed by atoms with van der Waals surface area (Å²) in [6, 6.07) is 3.50. The van der Waals surface area contributed by atoms with E-state index in [4.69, 9.17) is 4.42 Å². The van der Waals surface area contributed by atoms with Gasteiger partial charge in [-0.1, -0.05) is 0 Å². The fourth-order valence-corrected chi connectivity index (χ4v) is 2.01. The Hall–Kier alpha value is -2.96. The molecule has 0 aliphatic heterocycles. The summed E-state index contributed by atoms with van der Waals surface area (Å²) in [5, 5.41) is 0. The van der Waals surface area contributed by atoms with Gasteiger partial charge in [-0.2, -0.15) is 0 Å². The number of nitrogens with one attached hydrogen (secondary N) is 2. The Morgan fingerprint density at radius 3 is 2.74 bits per heavy atom. The van der Waals surface area contributed by atoms with Crippen LogP contribution in [-0.4, -0.2) is 24.9 Å². The Kier molecular flexibility index (Phi) is 1.85. The number of hydrogen-bond donors (Lipinski definition) is 2. The number of aromatic nitrogens is 5. The molecule has 0 atom stereocenters. The van der Waals surface area contributed by atoms with Crippen molar-refractivity contribution < 1.29 is 4.42 Å². The Morgan fingerprint density at radius 1 is 1.05 bits per heavy atom. The molecule has 2 N–H and O–H groups in total. The number of nitrogens with zero attached hydrogens (tertiary/aromatic N) is 3. The van der Waals surface area contributed by atoms with Crippen LogP contribution in [0.4, 0.5) is 0 Å². The normalized spacial score (nSPS) is 11.4. The number of aromatic amines is 2. The Labute approximate surface area is 105 Å². The third-order valence-corrected chi connectivity index (χ3v) is 2.86. The van der Waals surface area contributed by atoms with Gasteiger partial charge in [0.1, 0.15) is 12.2 Å². The summed E-state index contributed by atoms with van der Waals surface area (Å²) in [5.74, 6) is 0.199. The molecule has 7 heteroatoms. The number of oxazole rings is 1. The van der Waals surface area contributed by atoms with Gasteiger partial charge in [0, 0.05) is 18.5 Å². The van der Waals surface area contributed by atoms with Gasteiger partial charge in [-0.25, -0.2) is 19.7 Å². The van der Waals surface area contributed by atoms with Gasteiger partial charge >= 0.3 is 5.76 Å². The molecule has 1 aromatic carbocycles. The van der Waals surface area contributed by atoms with Crippen molar-refractivity contribution in [1.29, 1.82) is 0 Å². The molecule has 4 rings (SSSR count). The molecule has 3 aromatic heterocycles. The van der Waals surface area contributed by atoms with Crippen molar-refractivity contribution in [2.45, 2.75) is 0 Å². The van der Waals surface area contributed by atoms with E-state index in [1.165, 1.54) is 6.33 Å². The average Bonchev–Trinajstić information content (AvgIpc) is 2.98. The molecule has 3 heterocycles. The molecule has 0 unspecified atom stereocenters. The summed E-state index contributed by atoms with van der Waals surface area (Å²) >= 11 is 0. The van der Waals surface area contributed by atoms with E-state index < -0.39 is 5.76 Å². The Bertz CT molecular complexity index is 881. The maximum absolute atomic E-state index is 11.1. The van der Waals surface area contributed by atoms with Gasteiger partial charge in [0.05, 0.1) is 22.1 Å². The van der Waals surface area contributed by atoms with Gasteiger partial charge in [-0.05, 0) is 6.07 Å². The molecule has 0 amide bonds. The lowest BCUT2D eigenvalue weighted by Gasteiger charge is -1.91. The topological polar surface area (TPSA) is 100 Å². The van der Waals surface area contributed by atoms with Crippen LogP contribution in [0.2, 0.25) is 0 Å². The quantitative estimate of drug-likeness (QED) is 0.534. The van der Waals surface area contributed by atoms with Crippen LogP contribution in [0.1, 0.15) is 0 Å². The van der Waals surface area contributed by atoms with Crippen LogP contribution in [0.25, 0.3) is 33.5 Å². The summed E-state index contributed by atoms with van der Waals surface area (Å²) in [5.41, 5.74) is 3.44. The largest absolute Gasteiger partial charge is 0.417 e. The van der Waals surface area contributed by atoms with Gasteiger partial charge in [-0.3, -0.25) is 4.98 Å². The summed E-state index contributed by atoms with van der Waals surface area (Å²) in [4.78, 5) is 29.2. The highest BCUT2D eigenvalue weighted by molar-refractivity contribution is 5.91. The molecular weight excluding hydrogens is 246 g/mol. The maximum Gasteiger partial charge on any atom is 0.417 e. The standard InChI is InChI=1S/C12H7N5O2/c18-12-17-9-1-7-8(2-10(9)19-12)16-11(15-7)6-3-13-5-14-4-6/h1-5H,(H,15,16)(H,17,18). The van der Waals surface area contributed by atoms with Crippen molar-refractivity contribution in [3.8, 4) is 11.4 Å². The number of imidazole rings is 1. The SMILES string of the molecule is O=c1[nH]c2cc3[nH]c(-c4cncnc4)nc3cc2o1. The van der Waals surface area contributed by atoms with Crippen molar-refractivity contribution in [2.75, 3.05) is 0 Å². The summed E-state index contributed by atoms with van der Waals surface area (Å²) in [6.07, 6.45) is 4.82. The van der Waals surface area contributed by atoms with Crippen LogP contribution in [0.15, 0.2) is 40.1 Å². The third-order valence-electron chi connectivity index (χ3n) is 2.86. The van der Waals surface area contributed by atoms with E-state index in [1.54, 1.807) is 24.5 Å². The maximum atomic E-state index is 11.1. The van der Waals surface area contributed by atoms with Crippen molar-refractivity contribution in [3.63, 3.8) is 0 Å². The molecule has 0 aliphatic rings. The van der Waals surface area contributed by atoms with Crippen LogP contribution in [-0.2, 0) is 0 Å². The second-order valence-corrected chi connectivity index (χ2v) is 4.09. The summed E-state index contributed by atoms with van der Waals surface area (Å²) < 4.78 is 5.00. The van der Waals surface area contributed by atoms with Gasteiger partial charge in [-0.15, -0.1) is 0 Å². The highest BCUT2D eigenvalue weighted by atomic mass is 16.4. The van der Waals surface area contributed by atoms with Crippen LogP contribution in [0.3, 0.4) is 0 Å². The fourth-order valence-electron chi connectivity index (χ4n) is 2.01. The average molecular weight is 253 g/mol. The molecular formula is C12H7N5O2. The van der Waals surface area contributed by atoms with E-state index in [0.29, 0.717) is 22.4 Å². The molecule has 4 aromatic rings. The smallest absolute Gasteiger partial charge is 0.408 e. The number of H-pyrrole nitrogens is 2. The molecule has 7 nitrogen and oxygen atoms in total. The van der Waals surface area contributed by atoms with Gasteiger partial charge < -0.3 is 9.40 Å². The molecule has 19 heavy (non-hydrogen) atoms. The monoisotopic (exact) mass is 253 g/mol. The minimum Gasteiger partial charge on any atom is -0.408 e. The molecule has 0 spiro atoms. The van der Waals surface area contributed by atoms with E-state index in [0.717, 1.165) is 11.1 Å². The van der Waals surface area contributed by atoms with E-state index in [2.05, 4.69) is 24.9 Å². The van der Waals surface area contributed by atoms with Gasteiger partial charge in [0.2, 0.25) is 0 Å². The Balaban J connectivity index is 1.99. The van der Waals surface area contributed by atoms with E-state index >= 15 is 0 Å². The second-order valence-electron chi connectivity index (χ2n) is 4.09. The number of benzene rings is 1. The van der Waals surface area contributed by atoms with Gasteiger partial charge in [0.25, 0.3) is 0 Å². The molecule has 0 saturated carbocycles. The Morgan fingerprint density at radius 2 is 1.89 bits per heavy atom. The number of hydrogen-bond acceptors (Lipinski definition) is 5. The lowest BCUT2D eigenvalue weighted by molar-refractivity contribution is 0.555. The molecule has 0 fully saturated rings. The highest BCUT2D eigenvalue weighted by Gasteiger charge is 2.09. The first-order valence-electron chi connectivity index (χ1n) is 5.57. The number of rotatable bonds is 1. The first kappa shape index (κ1) is 10.0. The molecule has 0 bridgehead atoms. The minimum absolute atomic E-state index is 0.473. The molecule has 92 valence electrons. The van der Waals surface area contributed by atoms with Crippen molar-refractivity contribution in [2.24, 2.45) is 0 Å². The third kappa shape index (κ3) is 1.52. The van der Waals surface area contributed by atoms with Crippen molar-refractivity contribution in [3.05, 3.63) is 41.4 Å². The second kappa shape index (κ2) is 3.52.